The van der Waals surface area contributed by atoms with Gasteiger partial charge in [-0.2, -0.15) is 0 Å². The van der Waals surface area contributed by atoms with Crippen LogP contribution in [0, 0.1) is 0 Å². The molecule has 1 aromatic rings. The third kappa shape index (κ3) is 4.12. The highest BCUT2D eigenvalue weighted by Crippen LogP contribution is 1.92. The smallest absolute Gasteiger partial charge is 0.236 e. The molecule has 0 aliphatic heterocycles. The van der Waals surface area contributed by atoms with Crippen LogP contribution in [0.1, 0.15) is 19.8 Å². The first-order valence-corrected chi connectivity index (χ1v) is 5.23. The van der Waals surface area contributed by atoms with Crippen molar-refractivity contribution in [3.05, 3.63) is 18.7 Å². The molecular weight excluding hydrogens is 192 g/mol. The summed E-state index contributed by atoms with van der Waals surface area (Å²) < 4.78 is 1.91. The second-order valence-electron chi connectivity index (χ2n) is 3.49. The van der Waals surface area contributed by atoms with Gasteiger partial charge < -0.3 is 15.6 Å². The Morgan fingerprint density at radius 3 is 3.07 bits per heavy atom. The van der Waals surface area contributed by atoms with Gasteiger partial charge in [0.1, 0.15) is 0 Å². The Morgan fingerprint density at radius 2 is 2.47 bits per heavy atom. The lowest BCUT2D eigenvalue weighted by atomic mass is 10.2. The summed E-state index contributed by atoms with van der Waals surface area (Å²) in [6.07, 6.45) is 6.95. The minimum atomic E-state index is -0.377. The summed E-state index contributed by atoms with van der Waals surface area (Å²) in [4.78, 5) is 15.3. The van der Waals surface area contributed by atoms with Crippen LogP contribution in [0.25, 0.3) is 0 Å². The Labute approximate surface area is 89.7 Å². The van der Waals surface area contributed by atoms with Crippen LogP contribution in [-0.2, 0) is 11.3 Å². The van der Waals surface area contributed by atoms with Crippen molar-refractivity contribution in [3.8, 4) is 0 Å². The third-order valence-corrected chi connectivity index (χ3v) is 2.16. The molecule has 0 fully saturated rings. The van der Waals surface area contributed by atoms with Crippen molar-refractivity contribution in [1.82, 2.24) is 14.9 Å². The first-order valence-electron chi connectivity index (χ1n) is 5.23. The van der Waals surface area contributed by atoms with E-state index in [1.165, 1.54) is 0 Å². The number of carbonyl (C=O) groups excluding carboxylic acids is 1. The molecule has 1 aromatic heterocycles. The van der Waals surface area contributed by atoms with Gasteiger partial charge in [-0.05, 0) is 6.42 Å². The monoisotopic (exact) mass is 210 g/mol. The van der Waals surface area contributed by atoms with E-state index in [9.17, 15) is 4.79 Å². The third-order valence-electron chi connectivity index (χ3n) is 2.16. The molecule has 1 heterocycles. The first-order chi connectivity index (χ1) is 7.24. The average molecular weight is 210 g/mol. The van der Waals surface area contributed by atoms with E-state index in [0.29, 0.717) is 6.54 Å². The lowest BCUT2D eigenvalue weighted by molar-refractivity contribution is -0.122. The van der Waals surface area contributed by atoms with Crippen LogP contribution in [0.5, 0.6) is 0 Å². The van der Waals surface area contributed by atoms with Crippen LogP contribution in [0.3, 0.4) is 0 Å². The molecule has 1 amide bonds. The van der Waals surface area contributed by atoms with Gasteiger partial charge in [0.25, 0.3) is 0 Å². The molecule has 0 spiro atoms. The molecule has 0 saturated heterocycles. The lowest BCUT2D eigenvalue weighted by Crippen LogP contribution is -2.41. The highest BCUT2D eigenvalue weighted by molar-refractivity contribution is 5.81. The Bertz CT molecular complexity index is 284. The van der Waals surface area contributed by atoms with Crippen LogP contribution < -0.4 is 11.1 Å². The maximum absolute atomic E-state index is 11.4. The summed E-state index contributed by atoms with van der Waals surface area (Å²) in [6.45, 7) is 3.33. The molecule has 1 atom stereocenters. The van der Waals surface area contributed by atoms with Gasteiger partial charge in [0.05, 0.1) is 12.4 Å². The van der Waals surface area contributed by atoms with Gasteiger partial charge in [-0.25, -0.2) is 4.98 Å². The number of hydrogen-bond acceptors (Lipinski definition) is 3. The van der Waals surface area contributed by atoms with E-state index in [1.54, 1.807) is 12.5 Å². The van der Waals surface area contributed by atoms with E-state index in [-0.39, 0.29) is 11.9 Å². The van der Waals surface area contributed by atoms with Crippen molar-refractivity contribution in [2.75, 3.05) is 6.54 Å². The summed E-state index contributed by atoms with van der Waals surface area (Å²) in [7, 11) is 0. The highest BCUT2D eigenvalue weighted by Gasteiger charge is 2.10. The number of nitrogens with two attached hydrogens (primary N) is 1. The maximum atomic E-state index is 11.4. The van der Waals surface area contributed by atoms with Crippen molar-refractivity contribution in [2.45, 2.75) is 32.4 Å². The summed E-state index contributed by atoms with van der Waals surface area (Å²) in [6, 6.07) is -0.377. The normalized spacial score (nSPS) is 12.4. The van der Waals surface area contributed by atoms with Gasteiger partial charge in [0.2, 0.25) is 5.91 Å². The molecule has 5 nitrogen and oxygen atoms in total. The van der Waals surface area contributed by atoms with Crippen LogP contribution in [0.15, 0.2) is 18.7 Å². The second-order valence-corrected chi connectivity index (χ2v) is 3.49. The average Bonchev–Trinajstić information content (AvgIpc) is 2.71. The molecule has 0 aromatic carbocycles. The number of imidazole rings is 1. The summed E-state index contributed by atoms with van der Waals surface area (Å²) in [5.74, 6) is -0.0723. The number of aromatic nitrogens is 2. The zero-order valence-corrected chi connectivity index (χ0v) is 9.02. The van der Waals surface area contributed by atoms with Crippen LogP contribution >= 0.6 is 0 Å². The fourth-order valence-corrected chi connectivity index (χ4v) is 1.30. The molecule has 0 unspecified atom stereocenters. The van der Waals surface area contributed by atoms with Gasteiger partial charge in [-0.1, -0.05) is 13.3 Å². The van der Waals surface area contributed by atoms with Crippen molar-refractivity contribution >= 4 is 5.91 Å². The van der Waals surface area contributed by atoms with Crippen LogP contribution in [0.4, 0.5) is 0 Å². The van der Waals surface area contributed by atoms with Gasteiger partial charge in [0, 0.05) is 25.5 Å². The SMILES string of the molecule is CCC[C@@H](N)C(=O)NCCn1ccnc1. The Balaban J connectivity index is 2.17. The topological polar surface area (TPSA) is 72.9 Å². The van der Waals surface area contributed by atoms with Gasteiger partial charge in [0.15, 0.2) is 0 Å². The number of nitrogens with zero attached hydrogens (tertiary/aromatic N) is 2. The van der Waals surface area contributed by atoms with Crippen LogP contribution in [0.2, 0.25) is 0 Å². The number of amides is 1. The zero-order chi connectivity index (χ0) is 11.1. The number of hydrogen-bond donors (Lipinski definition) is 2. The minimum Gasteiger partial charge on any atom is -0.353 e. The molecule has 3 N–H and O–H groups in total. The number of carbonyl (C=O) groups is 1. The highest BCUT2D eigenvalue weighted by atomic mass is 16.2. The van der Waals surface area contributed by atoms with E-state index in [2.05, 4.69) is 10.3 Å². The van der Waals surface area contributed by atoms with E-state index in [1.807, 2.05) is 17.7 Å². The summed E-state index contributed by atoms with van der Waals surface area (Å²) in [5.41, 5.74) is 5.66. The van der Waals surface area contributed by atoms with Crippen molar-refractivity contribution in [1.29, 1.82) is 0 Å². The van der Waals surface area contributed by atoms with Crippen LogP contribution in [-0.4, -0.2) is 28.0 Å². The Hall–Kier alpha value is -1.36. The predicted molar refractivity (Wildman–Crippen MR) is 58.1 cm³/mol. The van der Waals surface area contributed by atoms with Crippen molar-refractivity contribution in [3.63, 3.8) is 0 Å². The molecule has 0 bridgehead atoms. The van der Waals surface area contributed by atoms with E-state index in [4.69, 9.17) is 5.73 Å². The quantitative estimate of drug-likeness (QED) is 0.700. The fourth-order valence-electron chi connectivity index (χ4n) is 1.30. The second kappa shape index (κ2) is 6.19. The first kappa shape index (κ1) is 11.7. The molecule has 1 rings (SSSR count). The van der Waals surface area contributed by atoms with E-state index in [0.717, 1.165) is 19.4 Å². The molecule has 0 radical (unpaired) electrons. The standard InChI is InChI=1S/C10H18N4O/c1-2-3-9(11)10(15)13-5-7-14-6-4-12-8-14/h4,6,8-9H,2-3,5,7,11H2,1H3,(H,13,15)/t9-/m1/s1. The fraction of sp³-hybridized carbons (Fsp3) is 0.600. The maximum Gasteiger partial charge on any atom is 0.236 e. The zero-order valence-electron chi connectivity index (χ0n) is 9.02. The molecule has 0 aliphatic carbocycles. The molecule has 15 heavy (non-hydrogen) atoms. The Morgan fingerprint density at radius 1 is 1.67 bits per heavy atom. The van der Waals surface area contributed by atoms with Crippen molar-refractivity contribution in [2.24, 2.45) is 5.73 Å². The molecule has 5 heteroatoms. The summed E-state index contributed by atoms with van der Waals surface area (Å²) >= 11 is 0. The van der Waals surface area contributed by atoms with Crippen molar-refractivity contribution < 1.29 is 4.79 Å². The van der Waals surface area contributed by atoms with Gasteiger partial charge >= 0.3 is 0 Å². The van der Waals surface area contributed by atoms with E-state index < -0.39 is 0 Å². The summed E-state index contributed by atoms with van der Waals surface area (Å²) in [5, 5.41) is 2.79. The number of rotatable bonds is 6. The molecule has 0 saturated carbocycles. The molecule has 0 aliphatic rings. The number of nitrogens with one attached hydrogen (secondary N) is 1. The Kier molecular flexibility index (Phi) is 4.83. The molecular formula is C10H18N4O. The largest absolute Gasteiger partial charge is 0.353 e. The lowest BCUT2D eigenvalue weighted by Gasteiger charge is -2.11. The molecule has 84 valence electrons. The minimum absolute atomic E-state index is 0.0723. The van der Waals surface area contributed by atoms with E-state index >= 15 is 0 Å². The van der Waals surface area contributed by atoms with Gasteiger partial charge in [-0.15, -0.1) is 0 Å². The predicted octanol–water partition coefficient (Wildman–Crippen LogP) is 0.127. The van der Waals surface area contributed by atoms with Gasteiger partial charge in [-0.3, -0.25) is 4.79 Å².